The van der Waals surface area contributed by atoms with Crippen LogP contribution in [-0.2, 0) is 13.6 Å². The zero-order chi connectivity index (χ0) is 13.2. The van der Waals surface area contributed by atoms with E-state index in [1.54, 1.807) is 0 Å². The summed E-state index contributed by atoms with van der Waals surface area (Å²) in [6, 6.07) is 8.73. The summed E-state index contributed by atoms with van der Waals surface area (Å²) in [6.07, 6.45) is 6.42. The average molecular weight is 258 g/mol. The SMILES string of the molecule is Cn1cc(CNC2CCCCC2O)c2ccccc21. The van der Waals surface area contributed by atoms with Crippen LogP contribution in [0.2, 0.25) is 0 Å². The second-order valence-corrected chi connectivity index (χ2v) is 5.62. The number of fused-ring (bicyclic) bond motifs is 1. The third-order valence-corrected chi connectivity index (χ3v) is 4.26. The Balaban J connectivity index is 1.75. The standard InChI is InChI=1S/C16H22N2O/c1-18-11-12(13-6-2-4-8-15(13)18)10-17-14-7-3-5-9-16(14)19/h2,4,6,8,11,14,16-17,19H,3,5,7,9-10H2,1H3. The first-order valence-corrected chi connectivity index (χ1v) is 7.20. The first-order valence-electron chi connectivity index (χ1n) is 7.20. The molecule has 0 aliphatic heterocycles. The van der Waals surface area contributed by atoms with Crippen molar-refractivity contribution in [3.63, 3.8) is 0 Å². The largest absolute Gasteiger partial charge is 0.392 e. The number of para-hydroxylation sites is 1. The van der Waals surface area contributed by atoms with Crippen molar-refractivity contribution in [2.45, 2.75) is 44.4 Å². The Morgan fingerprint density at radius 3 is 2.89 bits per heavy atom. The van der Waals surface area contributed by atoms with Crippen molar-refractivity contribution in [2.75, 3.05) is 0 Å². The van der Waals surface area contributed by atoms with Crippen LogP contribution in [0.1, 0.15) is 31.2 Å². The maximum atomic E-state index is 10.00. The fourth-order valence-electron chi connectivity index (χ4n) is 3.16. The van der Waals surface area contributed by atoms with Gasteiger partial charge in [-0.3, -0.25) is 0 Å². The number of aliphatic hydroxyl groups excluding tert-OH is 1. The minimum Gasteiger partial charge on any atom is -0.392 e. The third-order valence-electron chi connectivity index (χ3n) is 4.26. The van der Waals surface area contributed by atoms with Crippen molar-refractivity contribution in [2.24, 2.45) is 7.05 Å². The van der Waals surface area contributed by atoms with Crippen LogP contribution in [0.3, 0.4) is 0 Å². The zero-order valence-corrected chi connectivity index (χ0v) is 11.5. The number of hydrogen-bond acceptors (Lipinski definition) is 2. The lowest BCUT2D eigenvalue weighted by Crippen LogP contribution is -2.41. The topological polar surface area (TPSA) is 37.2 Å². The van der Waals surface area contributed by atoms with E-state index < -0.39 is 0 Å². The van der Waals surface area contributed by atoms with Gasteiger partial charge in [0.25, 0.3) is 0 Å². The summed E-state index contributed by atoms with van der Waals surface area (Å²) in [5, 5.41) is 14.8. The molecule has 0 spiro atoms. The number of nitrogens with zero attached hydrogens (tertiary/aromatic N) is 1. The summed E-state index contributed by atoms with van der Waals surface area (Å²) in [6.45, 7) is 0.836. The van der Waals surface area contributed by atoms with E-state index in [2.05, 4.69) is 47.4 Å². The van der Waals surface area contributed by atoms with E-state index in [0.29, 0.717) is 0 Å². The van der Waals surface area contributed by atoms with Crippen LogP contribution < -0.4 is 5.32 Å². The molecule has 2 atom stereocenters. The molecule has 1 aliphatic carbocycles. The minimum absolute atomic E-state index is 0.177. The summed E-state index contributed by atoms with van der Waals surface area (Å²) in [5.41, 5.74) is 2.58. The van der Waals surface area contributed by atoms with Gasteiger partial charge in [-0.1, -0.05) is 31.0 Å². The molecule has 3 rings (SSSR count). The van der Waals surface area contributed by atoms with Crippen LogP contribution in [0.15, 0.2) is 30.5 Å². The molecular weight excluding hydrogens is 236 g/mol. The number of aromatic nitrogens is 1. The van der Waals surface area contributed by atoms with E-state index in [4.69, 9.17) is 0 Å². The molecule has 3 nitrogen and oxygen atoms in total. The predicted molar refractivity (Wildman–Crippen MR) is 78.0 cm³/mol. The van der Waals surface area contributed by atoms with Crippen LogP contribution in [0.4, 0.5) is 0 Å². The van der Waals surface area contributed by atoms with Gasteiger partial charge in [-0.25, -0.2) is 0 Å². The van der Waals surface area contributed by atoms with Crippen molar-refractivity contribution in [1.29, 1.82) is 0 Å². The number of aryl methyl sites for hydroxylation is 1. The highest BCUT2D eigenvalue weighted by Crippen LogP contribution is 2.22. The van der Waals surface area contributed by atoms with Gasteiger partial charge in [-0.2, -0.15) is 0 Å². The molecule has 1 aliphatic rings. The first-order chi connectivity index (χ1) is 9.25. The molecule has 3 heteroatoms. The van der Waals surface area contributed by atoms with Crippen LogP contribution >= 0.6 is 0 Å². The van der Waals surface area contributed by atoms with E-state index in [9.17, 15) is 5.11 Å². The lowest BCUT2D eigenvalue weighted by molar-refractivity contribution is 0.0903. The molecule has 1 fully saturated rings. The monoisotopic (exact) mass is 258 g/mol. The summed E-state index contributed by atoms with van der Waals surface area (Å²) < 4.78 is 2.17. The van der Waals surface area contributed by atoms with Gasteiger partial charge in [0.05, 0.1) is 6.10 Å². The van der Waals surface area contributed by atoms with E-state index in [1.807, 2.05) is 0 Å². The molecule has 19 heavy (non-hydrogen) atoms. The van der Waals surface area contributed by atoms with Crippen molar-refractivity contribution in [3.05, 3.63) is 36.0 Å². The van der Waals surface area contributed by atoms with Gasteiger partial charge in [0.2, 0.25) is 0 Å². The molecule has 1 heterocycles. The molecule has 0 amide bonds. The smallest absolute Gasteiger partial charge is 0.0693 e. The van der Waals surface area contributed by atoms with Crippen LogP contribution in [0.5, 0.6) is 0 Å². The Morgan fingerprint density at radius 1 is 1.26 bits per heavy atom. The van der Waals surface area contributed by atoms with Gasteiger partial charge in [0.15, 0.2) is 0 Å². The highest BCUT2D eigenvalue weighted by atomic mass is 16.3. The first kappa shape index (κ1) is 12.7. The fourth-order valence-corrected chi connectivity index (χ4v) is 3.16. The van der Waals surface area contributed by atoms with Crippen LogP contribution in [0.25, 0.3) is 10.9 Å². The molecule has 2 N–H and O–H groups in total. The highest BCUT2D eigenvalue weighted by Gasteiger charge is 2.22. The van der Waals surface area contributed by atoms with Gasteiger partial charge in [0.1, 0.15) is 0 Å². The van der Waals surface area contributed by atoms with Crippen LogP contribution in [-0.4, -0.2) is 21.8 Å². The Hall–Kier alpha value is -1.32. The van der Waals surface area contributed by atoms with Gasteiger partial charge in [-0.05, 0) is 24.5 Å². The fraction of sp³-hybridized carbons (Fsp3) is 0.500. The molecule has 0 radical (unpaired) electrons. The highest BCUT2D eigenvalue weighted by molar-refractivity contribution is 5.83. The van der Waals surface area contributed by atoms with E-state index in [1.165, 1.54) is 22.9 Å². The summed E-state index contributed by atoms with van der Waals surface area (Å²) in [4.78, 5) is 0. The molecule has 102 valence electrons. The third kappa shape index (κ3) is 2.53. The van der Waals surface area contributed by atoms with Gasteiger partial charge >= 0.3 is 0 Å². The Morgan fingerprint density at radius 2 is 2.05 bits per heavy atom. The summed E-state index contributed by atoms with van der Waals surface area (Å²) in [7, 11) is 2.08. The maximum Gasteiger partial charge on any atom is 0.0693 e. The minimum atomic E-state index is -0.177. The summed E-state index contributed by atoms with van der Waals surface area (Å²) in [5.74, 6) is 0. The molecule has 2 aromatic rings. The van der Waals surface area contributed by atoms with E-state index >= 15 is 0 Å². The van der Waals surface area contributed by atoms with Crippen molar-refractivity contribution < 1.29 is 5.11 Å². The lowest BCUT2D eigenvalue weighted by atomic mass is 9.92. The molecule has 1 saturated carbocycles. The molecule has 0 bridgehead atoms. The quantitative estimate of drug-likeness (QED) is 0.888. The summed E-state index contributed by atoms with van der Waals surface area (Å²) >= 11 is 0. The van der Waals surface area contributed by atoms with Gasteiger partial charge in [0, 0.05) is 36.7 Å². The zero-order valence-electron chi connectivity index (χ0n) is 11.5. The van der Waals surface area contributed by atoms with Gasteiger partial charge < -0.3 is 15.0 Å². The van der Waals surface area contributed by atoms with Gasteiger partial charge in [-0.15, -0.1) is 0 Å². The number of hydrogen-bond donors (Lipinski definition) is 2. The Bertz CT molecular complexity index is 561. The Kier molecular flexibility index (Phi) is 3.58. The lowest BCUT2D eigenvalue weighted by Gasteiger charge is -2.28. The average Bonchev–Trinajstić information content (AvgIpc) is 2.75. The predicted octanol–water partition coefficient (Wildman–Crippen LogP) is 2.57. The number of nitrogens with one attached hydrogen (secondary N) is 1. The number of benzene rings is 1. The second-order valence-electron chi connectivity index (χ2n) is 5.62. The van der Waals surface area contributed by atoms with E-state index in [-0.39, 0.29) is 12.1 Å². The molecular formula is C16H22N2O. The van der Waals surface area contributed by atoms with Crippen molar-refractivity contribution >= 4 is 10.9 Å². The Labute approximate surface area is 114 Å². The van der Waals surface area contributed by atoms with Crippen LogP contribution in [0, 0.1) is 0 Å². The molecule has 2 unspecified atom stereocenters. The van der Waals surface area contributed by atoms with Crippen molar-refractivity contribution in [3.8, 4) is 0 Å². The van der Waals surface area contributed by atoms with Crippen molar-refractivity contribution in [1.82, 2.24) is 9.88 Å². The number of aliphatic hydroxyl groups is 1. The number of rotatable bonds is 3. The second kappa shape index (κ2) is 5.35. The molecule has 0 saturated heterocycles. The normalized spacial score (nSPS) is 23.9. The van der Waals surface area contributed by atoms with E-state index in [0.717, 1.165) is 25.8 Å². The molecule has 1 aromatic heterocycles. The maximum absolute atomic E-state index is 10.00. The molecule has 1 aromatic carbocycles.